The molecule has 1 aliphatic carbocycles. The Morgan fingerprint density at radius 2 is 0.687 bits per heavy atom. The largest absolute Gasteiger partial charge is 0.208 e. The van der Waals surface area contributed by atoms with Crippen molar-refractivity contribution < 1.29 is 0 Å². The first kappa shape index (κ1) is 38.6. The van der Waals surface area contributed by atoms with Crippen LogP contribution in [0.5, 0.6) is 0 Å². The summed E-state index contributed by atoms with van der Waals surface area (Å²) in [6.45, 7) is 0. The fraction of sp³-hybridized carbons (Fsp3) is 0.0156. The van der Waals surface area contributed by atoms with Gasteiger partial charge < -0.3 is 0 Å². The molecule has 0 spiro atoms. The van der Waals surface area contributed by atoms with Gasteiger partial charge in [-0.25, -0.2) is 15.0 Å². The van der Waals surface area contributed by atoms with E-state index in [1.165, 1.54) is 76.8 Å². The Balaban J connectivity index is 0.991. The van der Waals surface area contributed by atoms with Gasteiger partial charge in [0, 0.05) is 16.7 Å². The molecule has 0 saturated heterocycles. The molecule has 3 nitrogen and oxygen atoms in total. The Kier molecular flexibility index (Phi) is 9.07. The third-order valence-electron chi connectivity index (χ3n) is 13.8. The zero-order valence-electron chi connectivity index (χ0n) is 36.5. The maximum atomic E-state index is 5.05. The highest BCUT2D eigenvalue weighted by Gasteiger charge is 2.46. The molecule has 1 aliphatic rings. The third-order valence-corrected chi connectivity index (χ3v) is 13.8. The maximum Gasteiger partial charge on any atom is 0.164 e. The molecule has 11 aromatic carbocycles. The van der Waals surface area contributed by atoms with Gasteiger partial charge in [-0.1, -0.05) is 231 Å². The first-order valence-electron chi connectivity index (χ1n) is 22.9. The minimum absolute atomic E-state index is 0.485. The molecule has 0 N–H and O–H groups in total. The number of rotatable bonds is 7. The van der Waals surface area contributed by atoms with Crippen molar-refractivity contribution in [1.29, 1.82) is 0 Å². The lowest BCUT2D eigenvalue weighted by molar-refractivity contribution is 0.769. The quantitative estimate of drug-likeness (QED) is 0.150. The molecule has 0 bridgehead atoms. The number of benzene rings is 11. The van der Waals surface area contributed by atoms with Crippen LogP contribution in [0.1, 0.15) is 22.3 Å². The summed E-state index contributed by atoms with van der Waals surface area (Å²) in [6, 6.07) is 89.9. The van der Waals surface area contributed by atoms with Gasteiger partial charge in [-0.05, 0) is 106 Å². The monoisotopic (exact) mass is 851 g/mol. The molecule has 1 aromatic heterocycles. The van der Waals surface area contributed by atoms with Gasteiger partial charge in [0.05, 0.1) is 5.41 Å². The number of hydrogen-bond acceptors (Lipinski definition) is 3. The molecule has 67 heavy (non-hydrogen) atoms. The summed E-state index contributed by atoms with van der Waals surface area (Å²) in [7, 11) is 0. The molecule has 0 fully saturated rings. The topological polar surface area (TPSA) is 38.7 Å². The van der Waals surface area contributed by atoms with Gasteiger partial charge in [0.1, 0.15) is 0 Å². The highest BCUT2D eigenvalue weighted by Crippen LogP contribution is 2.57. The van der Waals surface area contributed by atoms with Crippen LogP contribution in [0.3, 0.4) is 0 Å². The Labute approximate surface area is 389 Å². The lowest BCUT2D eigenvalue weighted by atomic mass is 9.67. The average Bonchev–Trinajstić information content (AvgIpc) is 3.72. The summed E-state index contributed by atoms with van der Waals surface area (Å²) in [5, 5.41) is 7.41. The van der Waals surface area contributed by atoms with E-state index in [0.29, 0.717) is 17.5 Å². The van der Waals surface area contributed by atoms with E-state index in [-0.39, 0.29) is 0 Å². The Morgan fingerprint density at radius 3 is 1.36 bits per heavy atom. The number of fused-ring (bicyclic) bond motifs is 9. The molecule has 3 heteroatoms. The van der Waals surface area contributed by atoms with Crippen LogP contribution < -0.4 is 0 Å². The smallest absolute Gasteiger partial charge is 0.164 e. The van der Waals surface area contributed by atoms with Crippen LogP contribution >= 0.6 is 0 Å². The normalized spacial score (nSPS) is 12.6. The summed E-state index contributed by atoms with van der Waals surface area (Å²) < 4.78 is 0. The Bertz CT molecular complexity index is 3750. The molecule has 13 rings (SSSR count). The molecule has 0 atom stereocenters. The maximum absolute atomic E-state index is 5.05. The molecule has 1 heterocycles. The Morgan fingerprint density at radius 1 is 0.239 bits per heavy atom. The van der Waals surface area contributed by atoms with Crippen molar-refractivity contribution in [2.75, 3.05) is 0 Å². The van der Waals surface area contributed by atoms with Crippen LogP contribution in [0.2, 0.25) is 0 Å². The van der Waals surface area contributed by atoms with Crippen LogP contribution in [0.25, 0.3) is 99.9 Å². The molecule has 12 aromatic rings. The van der Waals surface area contributed by atoms with E-state index < -0.39 is 5.41 Å². The first-order valence-corrected chi connectivity index (χ1v) is 22.9. The van der Waals surface area contributed by atoms with Crippen LogP contribution in [0, 0.1) is 0 Å². The summed E-state index contributed by atoms with van der Waals surface area (Å²) >= 11 is 0. The summed E-state index contributed by atoms with van der Waals surface area (Å²) in [5.74, 6) is 1.93. The highest BCUT2D eigenvalue weighted by atomic mass is 15.0. The zero-order valence-corrected chi connectivity index (χ0v) is 36.5. The van der Waals surface area contributed by atoms with Gasteiger partial charge in [-0.2, -0.15) is 0 Å². The molecule has 0 amide bonds. The van der Waals surface area contributed by atoms with E-state index in [2.05, 4.69) is 188 Å². The molecule has 312 valence electrons. The van der Waals surface area contributed by atoms with Gasteiger partial charge in [0.2, 0.25) is 0 Å². The van der Waals surface area contributed by atoms with Crippen LogP contribution in [0.15, 0.2) is 249 Å². The summed E-state index contributed by atoms with van der Waals surface area (Å²) in [5.41, 5.74) is 14.7. The average molecular weight is 852 g/mol. The number of nitrogens with zero attached hydrogens (tertiary/aromatic N) is 3. The lowest BCUT2D eigenvalue weighted by Gasteiger charge is -2.34. The number of aromatic nitrogens is 3. The minimum Gasteiger partial charge on any atom is -0.208 e. The molecule has 0 aliphatic heterocycles. The standard InChI is InChI=1S/C64H41N3/c1-5-19-42(20-6-1)61-65-62(43-21-7-2-8-22-43)67-63(66-61)47-24-17-23-44(39-47)45-35-38-56-57(40-45)52-30-14-13-29-51(52)55-33-18-32-50(60(55)56)46-36-37-54-53-31-15-16-34-58(53)64(59(54)41-46,48-25-9-3-10-26-48)49-27-11-4-12-28-49/h1-41H. The molecule has 0 unspecified atom stereocenters. The van der Waals surface area contributed by atoms with Gasteiger partial charge >= 0.3 is 0 Å². The molecule has 0 radical (unpaired) electrons. The van der Waals surface area contributed by atoms with Crippen molar-refractivity contribution in [3.8, 4) is 67.5 Å². The third kappa shape index (κ3) is 6.24. The van der Waals surface area contributed by atoms with Crippen molar-refractivity contribution in [2.24, 2.45) is 0 Å². The van der Waals surface area contributed by atoms with Crippen LogP contribution in [-0.4, -0.2) is 15.0 Å². The van der Waals surface area contributed by atoms with E-state index in [4.69, 9.17) is 15.0 Å². The first-order chi connectivity index (χ1) is 33.2. The van der Waals surface area contributed by atoms with Crippen molar-refractivity contribution in [2.45, 2.75) is 5.41 Å². The van der Waals surface area contributed by atoms with Crippen molar-refractivity contribution in [3.63, 3.8) is 0 Å². The van der Waals surface area contributed by atoms with E-state index in [1.54, 1.807) is 0 Å². The molecular formula is C64H41N3. The fourth-order valence-electron chi connectivity index (χ4n) is 10.8. The van der Waals surface area contributed by atoms with Gasteiger partial charge in [-0.15, -0.1) is 0 Å². The highest BCUT2D eigenvalue weighted by molar-refractivity contribution is 6.29. The second-order valence-corrected chi connectivity index (χ2v) is 17.4. The van der Waals surface area contributed by atoms with Crippen molar-refractivity contribution in [1.82, 2.24) is 15.0 Å². The van der Waals surface area contributed by atoms with E-state index in [9.17, 15) is 0 Å². The minimum atomic E-state index is -0.485. The second-order valence-electron chi connectivity index (χ2n) is 17.4. The van der Waals surface area contributed by atoms with Gasteiger partial charge in [-0.3, -0.25) is 0 Å². The Hall–Kier alpha value is -8.79. The lowest BCUT2D eigenvalue weighted by Crippen LogP contribution is -2.28. The fourth-order valence-corrected chi connectivity index (χ4v) is 10.8. The van der Waals surface area contributed by atoms with Gasteiger partial charge in [0.15, 0.2) is 17.5 Å². The van der Waals surface area contributed by atoms with E-state index >= 15 is 0 Å². The number of hydrogen-bond donors (Lipinski definition) is 0. The second kappa shape index (κ2) is 15.7. The SMILES string of the molecule is c1ccc(-c2nc(-c3ccccc3)nc(-c3cccc(-c4ccc5c(c4)c4ccccc4c4cccc(-c6ccc7c(c6)C(c6ccccc6)(c6ccccc6)c6ccccc6-7)c45)c3)n2)cc1. The van der Waals surface area contributed by atoms with Crippen molar-refractivity contribution in [3.05, 3.63) is 271 Å². The molecular weight excluding hydrogens is 811 g/mol. The van der Waals surface area contributed by atoms with E-state index in [0.717, 1.165) is 27.8 Å². The zero-order chi connectivity index (χ0) is 44.3. The predicted octanol–water partition coefficient (Wildman–Crippen LogP) is 16.0. The molecule has 0 saturated carbocycles. The van der Waals surface area contributed by atoms with Gasteiger partial charge in [0.25, 0.3) is 0 Å². The van der Waals surface area contributed by atoms with Crippen molar-refractivity contribution >= 4 is 32.3 Å². The van der Waals surface area contributed by atoms with E-state index in [1.807, 2.05) is 60.7 Å². The summed E-state index contributed by atoms with van der Waals surface area (Å²) in [6.07, 6.45) is 0. The van der Waals surface area contributed by atoms with Crippen LogP contribution in [-0.2, 0) is 5.41 Å². The summed E-state index contributed by atoms with van der Waals surface area (Å²) in [4.78, 5) is 15.0. The predicted molar refractivity (Wildman–Crippen MR) is 277 cm³/mol. The van der Waals surface area contributed by atoms with Crippen LogP contribution in [0.4, 0.5) is 0 Å².